The predicted octanol–water partition coefficient (Wildman–Crippen LogP) is 15.2. The van der Waals surface area contributed by atoms with E-state index in [9.17, 15) is 0 Å². The van der Waals surface area contributed by atoms with Gasteiger partial charge in [-0.15, -0.1) is 11.3 Å². The summed E-state index contributed by atoms with van der Waals surface area (Å²) in [6.45, 7) is 0. The molecule has 13 rings (SSSR count). The van der Waals surface area contributed by atoms with E-state index in [4.69, 9.17) is 9.97 Å². The van der Waals surface area contributed by atoms with Crippen LogP contribution < -0.4 is 0 Å². The highest BCUT2D eigenvalue weighted by molar-refractivity contribution is 7.23. The van der Waals surface area contributed by atoms with Crippen molar-refractivity contribution in [3.8, 4) is 44.5 Å². The van der Waals surface area contributed by atoms with Crippen LogP contribution in [0, 0.1) is 0 Å². The Hall–Kier alpha value is -7.86. The lowest BCUT2D eigenvalue weighted by atomic mass is 9.97. The van der Waals surface area contributed by atoms with Crippen molar-refractivity contribution >= 4 is 86.7 Å². The van der Waals surface area contributed by atoms with Crippen molar-refractivity contribution in [3.63, 3.8) is 0 Å². The van der Waals surface area contributed by atoms with E-state index in [1.165, 1.54) is 69.6 Å². The van der Waals surface area contributed by atoms with E-state index in [2.05, 4.69) is 215 Å². The van der Waals surface area contributed by atoms with Crippen LogP contribution in [0.4, 0.5) is 0 Å². The summed E-state index contributed by atoms with van der Waals surface area (Å²) in [4.78, 5) is 12.2. The zero-order chi connectivity index (χ0) is 40.0. The van der Waals surface area contributed by atoms with Crippen LogP contribution in [0.2, 0.25) is 0 Å². The molecule has 5 heteroatoms. The van der Waals surface area contributed by atoms with Gasteiger partial charge in [-0.05, 0) is 93.5 Å². The molecule has 0 saturated carbocycles. The number of benzene rings is 9. The van der Waals surface area contributed by atoms with Crippen LogP contribution >= 0.6 is 11.3 Å². The van der Waals surface area contributed by atoms with Gasteiger partial charge in [0.15, 0.2) is 0 Å². The maximum atomic E-state index is 5.54. The molecule has 13 aromatic rings. The number of aromatic nitrogens is 4. The third-order valence-electron chi connectivity index (χ3n) is 12.3. The topological polar surface area (TPSA) is 35.6 Å². The van der Waals surface area contributed by atoms with E-state index in [1.807, 2.05) is 11.3 Å². The van der Waals surface area contributed by atoms with Crippen LogP contribution in [0.3, 0.4) is 0 Å². The predicted molar refractivity (Wildman–Crippen MR) is 257 cm³/mol. The standard InChI is InChI=1S/C56H34N4S/c1-4-15-35(16-5-1)51-34-40-27-29-46-53(55(40)61-51)54(36-17-6-2-7-18-36)58-56(57-46)60-47-25-13-12-23-43(47)52-42(24-14-26-49(52)60)39-28-30-48-44(32-39)45-31-37-19-10-11-20-38(37)33-50(45)59(48)41-21-8-3-9-22-41/h1-34H. The molecule has 61 heavy (non-hydrogen) atoms. The summed E-state index contributed by atoms with van der Waals surface area (Å²) >= 11 is 1.81. The van der Waals surface area contributed by atoms with Crippen LogP contribution in [0.5, 0.6) is 0 Å². The average molecular weight is 795 g/mol. The summed E-state index contributed by atoms with van der Waals surface area (Å²) in [5.41, 5.74) is 12.1. The highest BCUT2D eigenvalue weighted by Gasteiger charge is 2.22. The molecule has 0 spiro atoms. The second-order valence-corrected chi connectivity index (χ2v) is 16.8. The highest BCUT2D eigenvalue weighted by atomic mass is 32.1. The van der Waals surface area contributed by atoms with Crippen LogP contribution in [0.15, 0.2) is 206 Å². The Morgan fingerprint density at radius 2 is 1.05 bits per heavy atom. The molecule has 0 aliphatic heterocycles. The molecule has 0 unspecified atom stereocenters. The van der Waals surface area contributed by atoms with Gasteiger partial charge in [0.05, 0.1) is 33.3 Å². The SMILES string of the molecule is c1ccc(-c2cc3ccc4nc(-n5c6ccccc6c6c(-c7ccc8c(c7)c7cc9ccccc9cc7n8-c7ccccc7)cccc65)nc(-c5ccccc5)c4c3s2)cc1. The van der Waals surface area contributed by atoms with Crippen molar-refractivity contribution in [1.82, 2.24) is 19.1 Å². The molecule has 284 valence electrons. The fourth-order valence-electron chi connectivity index (χ4n) is 9.56. The molecule has 0 atom stereocenters. The van der Waals surface area contributed by atoms with Crippen molar-refractivity contribution in [2.24, 2.45) is 0 Å². The number of thiophene rings is 1. The van der Waals surface area contributed by atoms with Crippen LogP contribution in [-0.2, 0) is 0 Å². The number of rotatable bonds is 5. The van der Waals surface area contributed by atoms with E-state index in [0.717, 1.165) is 44.3 Å². The lowest BCUT2D eigenvalue weighted by Crippen LogP contribution is -2.03. The quantitative estimate of drug-likeness (QED) is 0.174. The van der Waals surface area contributed by atoms with Crippen LogP contribution in [0.1, 0.15) is 0 Å². The van der Waals surface area contributed by atoms with E-state index >= 15 is 0 Å². The first kappa shape index (κ1) is 34.0. The summed E-state index contributed by atoms with van der Waals surface area (Å²) in [7, 11) is 0. The summed E-state index contributed by atoms with van der Waals surface area (Å²) < 4.78 is 5.87. The van der Waals surface area contributed by atoms with Gasteiger partial charge in [-0.3, -0.25) is 4.57 Å². The monoisotopic (exact) mass is 794 g/mol. The molecule has 4 aromatic heterocycles. The van der Waals surface area contributed by atoms with Gasteiger partial charge in [0, 0.05) is 47.8 Å². The lowest BCUT2D eigenvalue weighted by Gasteiger charge is -2.13. The zero-order valence-electron chi connectivity index (χ0n) is 32.8. The highest BCUT2D eigenvalue weighted by Crippen LogP contribution is 2.44. The molecular formula is C56H34N4S. The van der Waals surface area contributed by atoms with Crippen LogP contribution in [-0.4, -0.2) is 19.1 Å². The van der Waals surface area contributed by atoms with Crippen molar-refractivity contribution in [2.45, 2.75) is 0 Å². The van der Waals surface area contributed by atoms with E-state index in [0.29, 0.717) is 5.95 Å². The fraction of sp³-hybridized carbons (Fsp3) is 0. The number of hydrogen-bond acceptors (Lipinski definition) is 3. The maximum Gasteiger partial charge on any atom is 0.235 e. The first-order valence-corrected chi connectivity index (χ1v) is 21.5. The third kappa shape index (κ3) is 5.24. The van der Waals surface area contributed by atoms with Gasteiger partial charge >= 0.3 is 0 Å². The second-order valence-electron chi connectivity index (χ2n) is 15.8. The maximum absolute atomic E-state index is 5.54. The van der Waals surface area contributed by atoms with Gasteiger partial charge in [-0.25, -0.2) is 9.97 Å². The Kier molecular flexibility index (Phi) is 7.44. The molecule has 0 aliphatic rings. The molecule has 0 aliphatic carbocycles. The Morgan fingerprint density at radius 3 is 1.87 bits per heavy atom. The van der Waals surface area contributed by atoms with Crippen molar-refractivity contribution < 1.29 is 0 Å². The molecule has 4 heterocycles. The van der Waals surface area contributed by atoms with Gasteiger partial charge in [0.2, 0.25) is 5.95 Å². The van der Waals surface area contributed by atoms with Crippen molar-refractivity contribution in [2.75, 3.05) is 0 Å². The Morgan fingerprint density at radius 1 is 0.377 bits per heavy atom. The molecule has 0 saturated heterocycles. The van der Waals surface area contributed by atoms with Gasteiger partial charge < -0.3 is 4.57 Å². The molecular weight excluding hydrogens is 761 g/mol. The molecule has 0 N–H and O–H groups in total. The summed E-state index contributed by atoms with van der Waals surface area (Å²) in [5, 5.41) is 9.56. The van der Waals surface area contributed by atoms with Gasteiger partial charge in [-0.2, -0.15) is 0 Å². The summed E-state index contributed by atoms with van der Waals surface area (Å²) in [5.74, 6) is 0.655. The van der Waals surface area contributed by atoms with Gasteiger partial charge in [-0.1, -0.05) is 146 Å². The minimum absolute atomic E-state index is 0.655. The van der Waals surface area contributed by atoms with E-state index in [1.54, 1.807) is 0 Å². The third-order valence-corrected chi connectivity index (χ3v) is 13.5. The smallest absolute Gasteiger partial charge is 0.235 e. The molecule has 9 aromatic carbocycles. The first-order valence-electron chi connectivity index (χ1n) is 20.7. The largest absolute Gasteiger partial charge is 0.309 e. The van der Waals surface area contributed by atoms with Crippen molar-refractivity contribution in [1.29, 1.82) is 0 Å². The lowest BCUT2D eigenvalue weighted by molar-refractivity contribution is 1.01. The molecule has 0 amide bonds. The zero-order valence-corrected chi connectivity index (χ0v) is 33.6. The van der Waals surface area contributed by atoms with Gasteiger partial charge in [0.25, 0.3) is 0 Å². The Balaban J connectivity index is 1.06. The molecule has 4 nitrogen and oxygen atoms in total. The molecule has 0 fully saturated rings. The Labute approximate surface area is 354 Å². The average Bonchev–Trinajstić information content (AvgIpc) is 4.01. The minimum Gasteiger partial charge on any atom is -0.309 e. The Bertz CT molecular complexity index is 3860. The number of para-hydroxylation sites is 2. The van der Waals surface area contributed by atoms with Crippen LogP contribution in [0.25, 0.3) is 120 Å². The summed E-state index contributed by atoms with van der Waals surface area (Å²) in [6.07, 6.45) is 0. The first-order chi connectivity index (χ1) is 30.2. The molecule has 0 bridgehead atoms. The number of nitrogens with zero attached hydrogens (tertiary/aromatic N) is 4. The molecule has 0 radical (unpaired) electrons. The van der Waals surface area contributed by atoms with Gasteiger partial charge in [0.1, 0.15) is 0 Å². The minimum atomic E-state index is 0.655. The van der Waals surface area contributed by atoms with E-state index < -0.39 is 0 Å². The second kappa shape index (κ2) is 13.3. The van der Waals surface area contributed by atoms with E-state index in [-0.39, 0.29) is 0 Å². The fourth-order valence-corrected chi connectivity index (χ4v) is 10.8. The summed E-state index contributed by atoms with van der Waals surface area (Å²) in [6, 6.07) is 74.3. The number of hydrogen-bond donors (Lipinski definition) is 0. The number of fused-ring (bicyclic) bond motifs is 10. The van der Waals surface area contributed by atoms with Crippen molar-refractivity contribution in [3.05, 3.63) is 206 Å². The normalized spacial score (nSPS) is 11.9.